The van der Waals surface area contributed by atoms with Crippen LogP contribution in [0.2, 0.25) is 0 Å². The zero-order chi connectivity index (χ0) is 13.7. The molecule has 102 valence electrons. The molecule has 0 aliphatic carbocycles. The number of nitrogens with zero attached hydrogens (tertiary/aromatic N) is 1. The first kappa shape index (κ1) is 14.3. The van der Waals surface area contributed by atoms with E-state index in [1.54, 1.807) is 0 Å². The summed E-state index contributed by atoms with van der Waals surface area (Å²) in [5, 5.41) is 13.6. The Hall–Kier alpha value is -1.79. The highest BCUT2D eigenvalue weighted by Crippen LogP contribution is 2.17. The molecule has 3 N–H and O–H groups in total. The second-order valence-corrected chi connectivity index (χ2v) is 4.33. The molecule has 1 rings (SSSR count). The average molecular weight is 257 g/mol. The Bertz CT molecular complexity index is 345. The lowest BCUT2D eigenvalue weighted by molar-refractivity contribution is -0.138. The number of urea groups is 1. The summed E-state index contributed by atoms with van der Waals surface area (Å²) >= 11 is 0. The fourth-order valence-corrected chi connectivity index (χ4v) is 1.94. The van der Waals surface area contributed by atoms with Gasteiger partial charge in [-0.3, -0.25) is 9.59 Å². The van der Waals surface area contributed by atoms with Crippen LogP contribution in [0.25, 0.3) is 0 Å². The Kier molecular flexibility index (Phi) is 4.94. The van der Waals surface area contributed by atoms with Gasteiger partial charge in [-0.25, -0.2) is 4.79 Å². The summed E-state index contributed by atoms with van der Waals surface area (Å²) in [6.07, 6.45) is 2.31. The number of amides is 3. The Morgan fingerprint density at radius 1 is 1.33 bits per heavy atom. The monoisotopic (exact) mass is 257 g/mol. The summed E-state index contributed by atoms with van der Waals surface area (Å²) in [6.45, 7) is 1.86. The SMILES string of the molecule is CNC(=O)C1CCCCN1C(=O)N[C@H](C)C(=O)O. The van der Waals surface area contributed by atoms with Crippen LogP contribution in [0.1, 0.15) is 26.2 Å². The minimum absolute atomic E-state index is 0.215. The molecular formula is C11H19N3O4. The molecule has 1 aliphatic rings. The number of carboxylic acid groups (broad SMARTS) is 1. The molecule has 1 heterocycles. The van der Waals surface area contributed by atoms with Crippen molar-refractivity contribution in [1.82, 2.24) is 15.5 Å². The van der Waals surface area contributed by atoms with Crippen molar-refractivity contribution in [3.8, 4) is 0 Å². The normalized spacial score (nSPS) is 21.0. The van der Waals surface area contributed by atoms with Crippen LogP contribution in [0.3, 0.4) is 0 Å². The maximum Gasteiger partial charge on any atom is 0.325 e. The largest absolute Gasteiger partial charge is 0.480 e. The van der Waals surface area contributed by atoms with Gasteiger partial charge < -0.3 is 20.6 Å². The summed E-state index contributed by atoms with van der Waals surface area (Å²) in [5.41, 5.74) is 0. The number of hydrogen-bond donors (Lipinski definition) is 3. The minimum Gasteiger partial charge on any atom is -0.480 e. The van der Waals surface area contributed by atoms with Crippen molar-refractivity contribution in [3.63, 3.8) is 0 Å². The number of rotatable bonds is 3. The minimum atomic E-state index is -1.10. The van der Waals surface area contributed by atoms with Gasteiger partial charge in [0.15, 0.2) is 0 Å². The van der Waals surface area contributed by atoms with Crippen molar-refractivity contribution in [2.45, 2.75) is 38.3 Å². The summed E-state index contributed by atoms with van der Waals surface area (Å²) in [5.74, 6) is -1.32. The van der Waals surface area contributed by atoms with E-state index in [9.17, 15) is 14.4 Å². The van der Waals surface area contributed by atoms with Gasteiger partial charge in [0.1, 0.15) is 12.1 Å². The van der Waals surface area contributed by atoms with E-state index in [4.69, 9.17) is 5.11 Å². The zero-order valence-corrected chi connectivity index (χ0v) is 10.6. The topological polar surface area (TPSA) is 98.7 Å². The van der Waals surface area contributed by atoms with Crippen LogP contribution in [0.15, 0.2) is 0 Å². The predicted molar refractivity (Wildman–Crippen MR) is 64.0 cm³/mol. The summed E-state index contributed by atoms with van der Waals surface area (Å²) in [4.78, 5) is 35.6. The van der Waals surface area contributed by atoms with Crippen LogP contribution in [-0.2, 0) is 9.59 Å². The summed E-state index contributed by atoms with van der Waals surface area (Å²) in [7, 11) is 1.52. The number of nitrogens with one attached hydrogen (secondary N) is 2. The fraction of sp³-hybridized carbons (Fsp3) is 0.727. The highest BCUT2D eigenvalue weighted by atomic mass is 16.4. The van der Waals surface area contributed by atoms with Gasteiger partial charge in [0.25, 0.3) is 0 Å². The van der Waals surface area contributed by atoms with Gasteiger partial charge in [-0.1, -0.05) is 0 Å². The van der Waals surface area contributed by atoms with E-state index >= 15 is 0 Å². The Balaban J connectivity index is 2.68. The predicted octanol–water partition coefficient (Wildman–Crippen LogP) is -0.230. The molecule has 7 nitrogen and oxygen atoms in total. The lowest BCUT2D eigenvalue weighted by atomic mass is 10.0. The molecule has 0 saturated carbocycles. The van der Waals surface area contributed by atoms with Crippen molar-refractivity contribution >= 4 is 17.9 Å². The number of carbonyl (C=O) groups excluding carboxylic acids is 2. The van der Waals surface area contributed by atoms with E-state index in [1.807, 2.05) is 0 Å². The van der Waals surface area contributed by atoms with Crippen LogP contribution < -0.4 is 10.6 Å². The van der Waals surface area contributed by atoms with E-state index in [1.165, 1.54) is 18.9 Å². The van der Waals surface area contributed by atoms with Crippen molar-refractivity contribution in [3.05, 3.63) is 0 Å². The van der Waals surface area contributed by atoms with E-state index in [0.717, 1.165) is 12.8 Å². The van der Waals surface area contributed by atoms with Crippen molar-refractivity contribution in [1.29, 1.82) is 0 Å². The Morgan fingerprint density at radius 3 is 2.56 bits per heavy atom. The third-order valence-electron chi connectivity index (χ3n) is 3.02. The van der Waals surface area contributed by atoms with Gasteiger partial charge in [0, 0.05) is 13.6 Å². The number of carboxylic acids is 1. The van der Waals surface area contributed by atoms with Crippen LogP contribution in [-0.4, -0.2) is 53.6 Å². The summed E-state index contributed by atoms with van der Waals surface area (Å²) < 4.78 is 0. The molecule has 1 unspecified atom stereocenters. The fourth-order valence-electron chi connectivity index (χ4n) is 1.94. The molecule has 1 saturated heterocycles. The molecule has 1 aliphatic heterocycles. The quantitative estimate of drug-likeness (QED) is 0.650. The molecule has 0 bridgehead atoms. The van der Waals surface area contributed by atoms with E-state index in [2.05, 4.69) is 10.6 Å². The van der Waals surface area contributed by atoms with Gasteiger partial charge >= 0.3 is 12.0 Å². The second kappa shape index (κ2) is 6.23. The molecule has 2 atom stereocenters. The molecule has 0 aromatic heterocycles. The lowest BCUT2D eigenvalue weighted by Gasteiger charge is -2.34. The Morgan fingerprint density at radius 2 is 2.00 bits per heavy atom. The Labute approximate surface area is 106 Å². The second-order valence-electron chi connectivity index (χ2n) is 4.33. The average Bonchev–Trinajstić information content (AvgIpc) is 2.37. The number of carbonyl (C=O) groups is 3. The zero-order valence-electron chi connectivity index (χ0n) is 10.6. The van der Waals surface area contributed by atoms with Gasteiger partial charge in [0.05, 0.1) is 0 Å². The van der Waals surface area contributed by atoms with Gasteiger partial charge in [-0.15, -0.1) is 0 Å². The third kappa shape index (κ3) is 3.35. The first-order valence-electron chi connectivity index (χ1n) is 5.99. The first-order chi connectivity index (χ1) is 8.47. The van der Waals surface area contributed by atoms with Gasteiger partial charge in [0.2, 0.25) is 5.91 Å². The highest BCUT2D eigenvalue weighted by Gasteiger charge is 2.32. The van der Waals surface area contributed by atoms with Gasteiger partial charge in [-0.05, 0) is 26.2 Å². The molecule has 0 spiro atoms. The highest BCUT2D eigenvalue weighted by molar-refractivity contribution is 5.88. The molecule has 7 heteroatoms. The number of likely N-dealkylation sites (tertiary alicyclic amines) is 1. The van der Waals surface area contributed by atoms with E-state index in [-0.39, 0.29) is 5.91 Å². The van der Waals surface area contributed by atoms with Gasteiger partial charge in [-0.2, -0.15) is 0 Å². The number of likely N-dealkylation sites (N-methyl/N-ethyl adjacent to an activating group) is 1. The number of piperidine rings is 1. The lowest BCUT2D eigenvalue weighted by Crippen LogP contribution is -2.56. The standard InChI is InChI=1S/C11H19N3O4/c1-7(10(16)17)13-11(18)14-6-4-3-5-8(14)9(15)12-2/h7-8H,3-6H2,1-2H3,(H,12,15)(H,13,18)(H,16,17)/t7-,8?/m1/s1. The third-order valence-corrected chi connectivity index (χ3v) is 3.02. The van der Waals surface area contributed by atoms with Crippen molar-refractivity contribution < 1.29 is 19.5 Å². The van der Waals surface area contributed by atoms with Crippen molar-refractivity contribution in [2.24, 2.45) is 0 Å². The maximum absolute atomic E-state index is 11.9. The summed E-state index contributed by atoms with van der Waals surface area (Å²) in [6, 6.07) is -1.98. The molecule has 0 aromatic rings. The number of aliphatic carboxylic acids is 1. The smallest absolute Gasteiger partial charge is 0.325 e. The van der Waals surface area contributed by atoms with E-state index < -0.39 is 24.1 Å². The molecular weight excluding hydrogens is 238 g/mol. The first-order valence-corrected chi connectivity index (χ1v) is 5.99. The maximum atomic E-state index is 11.9. The molecule has 1 fully saturated rings. The van der Waals surface area contributed by atoms with E-state index in [0.29, 0.717) is 13.0 Å². The van der Waals surface area contributed by atoms with Crippen LogP contribution in [0.5, 0.6) is 0 Å². The molecule has 18 heavy (non-hydrogen) atoms. The molecule has 3 amide bonds. The molecule has 0 aromatic carbocycles. The van der Waals surface area contributed by atoms with Crippen LogP contribution in [0.4, 0.5) is 4.79 Å². The molecule has 0 radical (unpaired) electrons. The van der Waals surface area contributed by atoms with Crippen molar-refractivity contribution in [2.75, 3.05) is 13.6 Å². The van der Waals surface area contributed by atoms with Crippen LogP contribution in [0, 0.1) is 0 Å². The number of hydrogen-bond acceptors (Lipinski definition) is 3. The van der Waals surface area contributed by atoms with Crippen LogP contribution >= 0.6 is 0 Å².